The highest BCUT2D eigenvalue weighted by Gasteiger charge is 2.33. The number of rotatable bonds is 7. The predicted molar refractivity (Wildman–Crippen MR) is 159 cm³/mol. The van der Waals surface area contributed by atoms with Gasteiger partial charge < -0.3 is 25.0 Å². The van der Waals surface area contributed by atoms with Gasteiger partial charge in [-0.15, -0.1) is 6.58 Å². The van der Waals surface area contributed by atoms with Crippen LogP contribution in [0, 0.1) is 6.92 Å². The molecule has 11 heteroatoms. The van der Waals surface area contributed by atoms with E-state index in [1.807, 2.05) is 18.2 Å². The molecule has 4 aromatic rings. The average Bonchev–Trinajstić information content (AvgIpc) is 3.25. The second kappa shape index (κ2) is 11.1. The molecule has 41 heavy (non-hydrogen) atoms. The van der Waals surface area contributed by atoms with Crippen LogP contribution in [0.5, 0.6) is 0 Å². The summed E-state index contributed by atoms with van der Waals surface area (Å²) < 4.78 is 8.66. The van der Waals surface area contributed by atoms with Gasteiger partial charge in [-0.25, -0.2) is 19.3 Å². The summed E-state index contributed by atoms with van der Waals surface area (Å²) in [6.45, 7) is 11.2. The Morgan fingerprint density at radius 3 is 2.63 bits per heavy atom. The molecular formula is C30H36N8O3. The Kier molecular flexibility index (Phi) is 7.33. The van der Waals surface area contributed by atoms with Crippen molar-refractivity contribution in [2.45, 2.75) is 31.9 Å². The molecule has 3 aromatic heterocycles. The summed E-state index contributed by atoms with van der Waals surface area (Å²) in [4.78, 5) is 32.2. The zero-order valence-electron chi connectivity index (χ0n) is 23.6. The van der Waals surface area contributed by atoms with Crippen LogP contribution in [0.3, 0.4) is 0 Å². The topological polar surface area (TPSA) is 114 Å². The molecule has 2 aliphatic rings. The highest BCUT2D eigenvalue weighted by atomic mass is 16.5. The Hall–Kier alpha value is -4.06. The van der Waals surface area contributed by atoms with Gasteiger partial charge in [-0.05, 0) is 49.9 Å². The molecule has 0 atom stereocenters. The van der Waals surface area contributed by atoms with Gasteiger partial charge in [-0.3, -0.25) is 4.79 Å². The zero-order valence-corrected chi connectivity index (χ0v) is 23.6. The van der Waals surface area contributed by atoms with E-state index < -0.39 is 5.60 Å². The minimum absolute atomic E-state index is 0.240. The van der Waals surface area contributed by atoms with Gasteiger partial charge in [0.1, 0.15) is 11.0 Å². The lowest BCUT2D eigenvalue weighted by molar-refractivity contribution is -0.0705. The fourth-order valence-electron chi connectivity index (χ4n) is 5.64. The van der Waals surface area contributed by atoms with Gasteiger partial charge in [0.2, 0.25) is 5.95 Å². The van der Waals surface area contributed by atoms with Crippen LogP contribution < -0.4 is 15.8 Å². The fourth-order valence-corrected chi connectivity index (χ4v) is 5.64. The van der Waals surface area contributed by atoms with E-state index in [0.717, 1.165) is 31.9 Å². The van der Waals surface area contributed by atoms with Crippen molar-refractivity contribution in [2.24, 2.45) is 0 Å². The highest BCUT2D eigenvalue weighted by molar-refractivity contribution is 5.77. The Morgan fingerprint density at radius 2 is 1.90 bits per heavy atom. The van der Waals surface area contributed by atoms with Crippen LogP contribution in [0.1, 0.15) is 24.1 Å². The zero-order chi connectivity index (χ0) is 28.6. The number of nitrogens with one attached hydrogen (secondary N) is 1. The molecule has 6 rings (SSSR count). The van der Waals surface area contributed by atoms with Crippen molar-refractivity contribution in [2.75, 3.05) is 56.7 Å². The molecule has 2 fully saturated rings. The van der Waals surface area contributed by atoms with Crippen LogP contribution >= 0.6 is 0 Å². The molecule has 0 spiro atoms. The second-order valence-corrected chi connectivity index (χ2v) is 10.9. The molecule has 5 heterocycles. The van der Waals surface area contributed by atoms with Crippen LogP contribution in [0.4, 0.5) is 17.3 Å². The second-order valence-electron chi connectivity index (χ2n) is 10.9. The molecule has 214 valence electrons. The van der Waals surface area contributed by atoms with Crippen LogP contribution in [-0.2, 0) is 16.9 Å². The number of hydrogen-bond acceptors (Lipinski definition) is 9. The molecular weight excluding hydrogens is 520 g/mol. The van der Waals surface area contributed by atoms with E-state index in [4.69, 9.17) is 14.7 Å². The summed E-state index contributed by atoms with van der Waals surface area (Å²) >= 11 is 0. The van der Waals surface area contributed by atoms with Gasteiger partial charge >= 0.3 is 0 Å². The van der Waals surface area contributed by atoms with Crippen molar-refractivity contribution in [3.05, 3.63) is 76.9 Å². The third kappa shape index (κ3) is 5.23. The highest BCUT2D eigenvalue weighted by Crippen LogP contribution is 2.31. The number of benzene rings is 1. The number of nitrogens with zero attached hydrogens (tertiary/aromatic N) is 7. The lowest BCUT2D eigenvalue weighted by Crippen LogP contribution is -2.44. The quantitative estimate of drug-likeness (QED) is 0.332. The largest absolute Gasteiger partial charge is 0.383 e. The molecule has 2 N–H and O–H groups in total. The van der Waals surface area contributed by atoms with Crippen molar-refractivity contribution in [3.63, 3.8) is 0 Å². The number of piperazine rings is 1. The van der Waals surface area contributed by atoms with E-state index in [0.29, 0.717) is 54.5 Å². The lowest BCUT2D eigenvalue weighted by Gasteiger charge is -2.35. The van der Waals surface area contributed by atoms with E-state index in [2.05, 4.69) is 52.8 Å². The molecule has 0 aliphatic carbocycles. The normalized spacial score (nSPS) is 17.6. The minimum atomic E-state index is -1.09. The summed E-state index contributed by atoms with van der Waals surface area (Å²) in [5.74, 6) is 0.848. The number of likely N-dealkylation sites (N-methyl/N-ethyl adjacent to an activating group) is 1. The van der Waals surface area contributed by atoms with E-state index in [9.17, 15) is 9.90 Å². The number of aliphatic hydroxyl groups is 1. The van der Waals surface area contributed by atoms with Crippen molar-refractivity contribution in [1.29, 1.82) is 0 Å². The SMILES string of the molecule is C=CCn1c(=O)c2cnc(Nc3ccc(N4CCN(C)CC4)c(C)c3)nc2n1-c1cccc(C2(O)CCOCC2)n1. The molecule has 0 unspecified atom stereocenters. The van der Waals surface area contributed by atoms with Gasteiger partial charge in [0.05, 0.1) is 12.2 Å². The number of fused-ring (bicyclic) bond motifs is 1. The minimum Gasteiger partial charge on any atom is -0.383 e. The van der Waals surface area contributed by atoms with Crippen LogP contribution in [-0.4, -0.2) is 80.8 Å². The van der Waals surface area contributed by atoms with Gasteiger partial charge in [-0.1, -0.05) is 12.1 Å². The summed E-state index contributed by atoms with van der Waals surface area (Å²) in [7, 11) is 2.15. The fraction of sp³-hybridized carbons (Fsp3) is 0.400. The Morgan fingerprint density at radius 1 is 1.12 bits per heavy atom. The molecule has 11 nitrogen and oxygen atoms in total. The number of pyridine rings is 1. The number of aromatic nitrogens is 5. The first-order valence-corrected chi connectivity index (χ1v) is 14.0. The molecule has 0 bridgehead atoms. The van der Waals surface area contributed by atoms with Gasteiger partial charge in [0, 0.05) is 69.8 Å². The van der Waals surface area contributed by atoms with E-state index in [-0.39, 0.29) is 12.1 Å². The Balaban J connectivity index is 1.36. The van der Waals surface area contributed by atoms with Crippen molar-refractivity contribution in [3.8, 4) is 5.82 Å². The number of anilines is 3. The van der Waals surface area contributed by atoms with Crippen molar-refractivity contribution < 1.29 is 9.84 Å². The third-order valence-electron chi connectivity index (χ3n) is 8.02. The Labute approximate surface area is 238 Å². The predicted octanol–water partition coefficient (Wildman–Crippen LogP) is 2.97. The number of hydrogen-bond donors (Lipinski definition) is 2. The van der Waals surface area contributed by atoms with Crippen LogP contribution in [0.15, 0.2) is 60.0 Å². The summed E-state index contributed by atoms with van der Waals surface area (Å²) in [5.41, 5.74) is 2.90. The maximum Gasteiger partial charge on any atom is 0.278 e. The van der Waals surface area contributed by atoms with E-state index in [1.165, 1.54) is 15.9 Å². The van der Waals surface area contributed by atoms with Gasteiger partial charge in [0.25, 0.3) is 5.56 Å². The van der Waals surface area contributed by atoms with E-state index >= 15 is 0 Å². The maximum absolute atomic E-state index is 13.4. The summed E-state index contributed by atoms with van der Waals surface area (Å²) in [6, 6.07) is 11.7. The Bertz CT molecular complexity index is 1630. The smallest absolute Gasteiger partial charge is 0.278 e. The molecule has 0 radical (unpaired) electrons. The van der Waals surface area contributed by atoms with Crippen molar-refractivity contribution in [1.82, 2.24) is 29.2 Å². The average molecular weight is 557 g/mol. The lowest BCUT2D eigenvalue weighted by atomic mass is 9.90. The number of allylic oxidation sites excluding steroid dienone is 1. The maximum atomic E-state index is 13.4. The molecule has 0 amide bonds. The molecule has 1 aromatic carbocycles. The van der Waals surface area contributed by atoms with Crippen molar-refractivity contribution >= 4 is 28.4 Å². The summed E-state index contributed by atoms with van der Waals surface area (Å²) in [6.07, 6.45) is 4.12. The standard InChI is InChI=1S/C30H36N8O3/c1-4-12-37-28(39)23-20-31-29(32-22-8-9-24(21(2)19-22)36-15-13-35(3)14-16-36)34-27(23)38(37)26-7-5-6-25(33-26)30(40)10-17-41-18-11-30/h4-9,19-20,40H,1,10-18H2,2-3H3,(H,31,32,34). The van der Waals surface area contributed by atoms with Crippen LogP contribution in [0.2, 0.25) is 0 Å². The van der Waals surface area contributed by atoms with Gasteiger partial charge in [-0.2, -0.15) is 4.98 Å². The first-order valence-electron chi connectivity index (χ1n) is 14.0. The first-order chi connectivity index (χ1) is 19.9. The number of aryl methyl sites for hydroxylation is 1. The number of ether oxygens (including phenoxy) is 1. The molecule has 2 aliphatic heterocycles. The molecule has 2 saturated heterocycles. The molecule has 0 saturated carbocycles. The van der Waals surface area contributed by atoms with Gasteiger partial charge in [0.15, 0.2) is 11.5 Å². The first kappa shape index (κ1) is 27.1. The van der Waals surface area contributed by atoms with Crippen LogP contribution in [0.25, 0.3) is 16.9 Å². The third-order valence-corrected chi connectivity index (χ3v) is 8.02. The summed E-state index contributed by atoms with van der Waals surface area (Å²) in [5, 5.41) is 15.0. The van der Waals surface area contributed by atoms with E-state index in [1.54, 1.807) is 23.0 Å². The monoisotopic (exact) mass is 556 g/mol.